The number of rotatable bonds is 3. The lowest BCUT2D eigenvalue weighted by atomic mass is 10.2. The molecule has 0 saturated carbocycles. The molecule has 0 amide bonds. The summed E-state index contributed by atoms with van der Waals surface area (Å²) in [5, 5.41) is 21.0. The Morgan fingerprint density at radius 2 is 1.94 bits per heavy atom. The van der Waals surface area contributed by atoms with E-state index in [1.165, 1.54) is 24.3 Å². The standard InChI is InChI=1S/C10H12N2O3S/c1-7(2)11(13)10(16)8-3-5-9(6-4-8)12(14)15/h3-7,13H,1-2H3. The van der Waals surface area contributed by atoms with Crippen LogP contribution in [-0.2, 0) is 0 Å². The van der Waals surface area contributed by atoms with Crippen LogP contribution < -0.4 is 0 Å². The van der Waals surface area contributed by atoms with Crippen LogP contribution in [-0.4, -0.2) is 26.2 Å². The van der Waals surface area contributed by atoms with Gasteiger partial charge in [0.05, 0.1) is 11.0 Å². The molecule has 0 atom stereocenters. The van der Waals surface area contributed by atoms with Gasteiger partial charge in [-0.3, -0.25) is 15.3 Å². The van der Waals surface area contributed by atoms with Gasteiger partial charge in [0.15, 0.2) is 0 Å². The molecule has 6 heteroatoms. The molecule has 0 aliphatic carbocycles. The summed E-state index contributed by atoms with van der Waals surface area (Å²) in [6.07, 6.45) is 0. The van der Waals surface area contributed by atoms with Crippen molar-refractivity contribution < 1.29 is 10.1 Å². The maximum atomic E-state index is 10.4. The lowest BCUT2D eigenvalue weighted by Crippen LogP contribution is -2.32. The van der Waals surface area contributed by atoms with Crippen molar-refractivity contribution in [1.82, 2.24) is 5.06 Å². The highest BCUT2D eigenvalue weighted by Gasteiger charge is 2.13. The first-order valence-corrected chi connectivity index (χ1v) is 5.11. The Kier molecular flexibility index (Phi) is 3.92. The second-order valence-corrected chi connectivity index (χ2v) is 3.93. The van der Waals surface area contributed by atoms with Crippen molar-refractivity contribution >= 4 is 22.9 Å². The summed E-state index contributed by atoms with van der Waals surface area (Å²) in [5.74, 6) is 0. The molecule has 0 spiro atoms. The second kappa shape index (κ2) is 5.00. The Balaban J connectivity index is 2.90. The van der Waals surface area contributed by atoms with E-state index in [0.717, 1.165) is 5.06 Å². The van der Waals surface area contributed by atoms with Crippen LogP contribution in [0.2, 0.25) is 0 Å². The lowest BCUT2D eigenvalue weighted by molar-refractivity contribution is -0.384. The summed E-state index contributed by atoms with van der Waals surface area (Å²) in [5.41, 5.74) is 0.581. The number of nitrogens with zero attached hydrogens (tertiary/aromatic N) is 2. The van der Waals surface area contributed by atoms with Crippen molar-refractivity contribution in [3.63, 3.8) is 0 Å². The highest BCUT2D eigenvalue weighted by Crippen LogP contribution is 2.14. The minimum atomic E-state index is -0.480. The monoisotopic (exact) mass is 240 g/mol. The summed E-state index contributed by atoms with van der Waals surface area (Å²) in [6.45, 7) is 3.58. The Morgan fingerprint density at radius 3 is 2.31 bits per heavy atom. The topological polar surface area (TPSA) is 66.6 Å². The van der Waals surface area contributed by atoms with Gasteiger partial charge in [0.2, 0.25) is 0 Å². The third kappa shape index (κ3) is 2.74. The van der Waals surface area contributed by atoms with Gasteiger partial charge in [-0.25, -0.2) is 5.06 Å². The van der Waals surface area contributed by atoms with E-state index in [9.17, 15) is 15.3 Å². The number of benzene rings is 1. The van der Waals surface area contributed by atoms with Crippen molar-refractivity contribution in [2.24, 2.45) is 0 Å². The van der Waals surface area contributed by atoms with Gasteiger partial charge >= 0.3 is 0 Å². The van der Waals surface area contributed by atoms with E-state index in [-0.39, 0.29) is 16.7 Å². The predicted molar refractivity (Wildman–Crippen MR) is 63.6 cm³/mol. The molecular weight excluding hydrogens is 228 g/mol. The van der Waals surface area contributed by atoms with Gasteiger partial charge in [0.25, 0.3) is 5.69 Å². The van der Waals surface area contributed by atoms with E-state index in [2.05, 4.69) is 0 Å². The Labute approximate surface area is 98.4 Å². The second-order valence-electron chi connectivity index (χ2n) is 3.55. The van der Waals surface area contributed by atoms with E-state index in [0.29, 0.717) is 5.56 Å². The van der Waals surface area contributed by atoms with Crippen LogP contribution >= 0.6 is 12.2 Å². The lowest BCUT2D eigenvalue weighted by Gasteiger charge is -2.21. The largest absolute Gasteiger partial charge is 0.287 e. The number of non-ortho nitro benzene ring substituents is 1. The summed E-state index contributed by atoms with van der Waals surface area (Å²) in [6, 6.07) is 5.62. The fourth-order valence-corrected chi connectivity index (χ4v) is 1.44. The van der Waals surface area contributed by atoms with E-state index in [1.54, 1.807) is 13.8 Å². The van der Waals surface area contributed by atoms with Gasteiger partial charge < -0.3 is 0 Å². The average molecular weight is 240 g/mol. The minimum absolute atomic E-state index is 0.000543. The summed E-state index contributed by atoms with van der Waals surface area (Å²) < 4.78 is 0. The van der Waals surface area contributed by atoms with E-state index < -0.39 is 4.92 Å². The van der Waals surface area contributed by atoms with Gasteiger partial charge in [-0.2, -0.15) is 0 Å². The van der Waals surface area contributed by atoms with E-state index in [4.69, 9.17) is 12.2 Å². The van der Waals surface area contributed by atoms with Gasteiger partial charge in [-0.15, -0.1) is 0 Å². The van der Waals surface area contributed by atoms with Crippen molar-refractivity contribution in [2.75, 3.05) is 0 Å². The first-order chi connectivity index (χ1) is 7.43. The highest BCUT2D eigenvalue weighted by molar-refractivity contribution is 7.80. The Bertz CT molecular complexity index is 403. The van der Waals surface area contributed by atoms with Crippen molar-refractivity contribution in [3.8, 4) is 0 Å². The van der Waals surface area contributed by atoms with Crippen LogP contribution in [0.4, 0.5) is 5.69 Å². The quantitative estimate of drug-likeness (QED) is 0.499. The third-order valence-electron chi connectivity index (χ3n) is 2.02. The Hall–Kier alpha value is -1.53. The first-order valence-electron chi connectivity index (χ1n) is 4.70. The molecule has 1 aromatic rings. The zero-order valence-electron chi connectivity index (χ0n) is 8.95. The molecular formula is C10H12N2O3S. The van der Waals surface area contributed by atoms with Gasteiger partial charge in [-0.05, 0) is 26.0 Å². The maximum absolute atomic E-state index is 10.4. The van der Waals surface area contributed by atoms with Crippen LogP contribution in [0.5, 0.6) is 0 Å². The normalized spacial score (nSPS) is 10.2. The maximum Gasteiger partial charge on any atom is 0.269 e. The fraction of sp³-hybridized carbons (Fsp3) is 0.300. The van der Waals surface area contributed by atoms with Crippen molar-refractivity contribution in [2.45, 2.75) is 19.9 Å². The molecule has 0 heterocycles. The molecule has 16 heavy (non-hydrogen) atoms. The number of nitro groups is 1. The average Bonchev–Trinajstić information content (AvgIpc) is 2.27. The molecule has 0 aliphatic rings. The number of hydrogen-bond donors (Lipinski definition) is 1. The SMILES string of the molecule is CC(C)N(O)C(=S)c1ccc([N+](=O)[O-])cc1. The van der Waals surface area contributed by atoms with Gasteiger partial charge in [-0.1, -0.05) is 12.2 Å². The molecule has 0 radical (unpaired) electrons. The van der Waals surface area contributed by atoms with Gasteiger partial charge in [0, 0.05) is 17.7 Å². The van der Waals surface area contributed by atoms with E-state index in [1.807, 2.05) is 0 Å². The van der Waals surface area contributed by atoms with Crippen LogP contribution in [0, 0.1) is 10.1 Å². The van der Waals surface area contributed by atoms with Crippen LogP contribution in [0.1, 0.15) is 19.4 Å². The molecule has 0 unspecified atom stereocenters. The summed E-state index contributed by atoms with van der Waals surface area (Å²) in [4.78, 5) is 10.2. The minimum Gasteiger partial charge on any atom is -0.287 e. The molecule has 0 aliphatic heterocycles. The fourth-order valence-electron chi connectivity index (χ4n) is 1.09. The van der Waals surface area contributed by atoms with Crippen LogP contribution in [0.3, 0.4) is 0 Å². The van der Waals surface area contributed by atoms with Gasteiger partial charge in [0.1, 0.15) is 4.99 Å². The molecule has 1 rings (SSSR count). The molecule has 5 nitrogen and oxygen atoms in total. The summed E-state index contributed by atoms with van der Waals surface area (Å²) >= 11 is 5.03. The first kappa shape index (κ1) is 12.5. The summed E-state index contributed by atoms with van der Waals surface area (Å²) in [7, 11) is 0. The van der Waals surface area contributed by atoms with Crippen molar-refractivity contribution in [3.05, 3.63) is 39.9 Å². The number of nitro benzene ring substituents is 1. The molecule has 0 bridgehead atoms. The highest BCUT2D eigenvalue weighted by atomic mass is 32.1. The zero-order valence-corrected chi connectivity index (χ0v) is 9.77. The zero-order chi connectivity index (χ0) is 12.3. The third-order valence-corrected chi connectivity index (χ3v) is 2.45. The van der Waals surface area contributed by atoms with Crippen LogP contribution in [0.15, 0.2) is 24.3 Å². The molecule has 1 N–H and O–H groups in total. The molecule has 1 aromatic carbocycles. The number of hydroxylamine groups is 2. The smallest absolute Gasteiger partial charge is 0.269 e. The number of hydrogen-bond acceptors (Lipinski definition) is 4. The molecule has 0 saturated heterocycles. The number of thiocarbonyl (C=S) groups is 1. The Morgan fingerprint density at radius 1 is 1.44 bits per heavy atom. The van der Waals surface area contributed by atoms with Crippen LogP contribution in [0.25, 0.3) is 0 Å². The van der Waals surface area contributed by atoms with E-state index >= 15 is 0 Å². The predicted octanol–water partition coefficient (Wildman–Crippen LogP) is 2.37. The molecule has 86 valence electrons. The molecule has 0 aromatic heterocycles. The molecule has 0 fully saturated rings. The van der Waals surface area contributed by atoms with Crippen molar-refractivity contribution in [1.29, 1.82) is 0 Å².